The van der Waals surface area contributed by atoms with Gasteiger partial charge in [-0.2, -0.15) is 0 Å². The monoisotopic (exact) mass is 277 g/mol. The molecule has 0 unspecified atom stereocenters. The summed E-state index contributed by atoms with van der Waals surface area (Å²) in [5.41, 5.74) is 0. The molecule has 0 aromatic rings. The van der Waals surface area contributed by atoms with E-state index in [0.29, 0.717) is 0 Å². The smallest absolute Gasteiger partial charge is 0.0110 e. The molecule has 1 fully saturated rings. The number of likely N-dealkylation sites (N-methyl/N-ethyl adjacent to an activating group) is 3. The van der Waals surface area contributed by atoms with Crippen molar-refractivity contribution < 1.29 is 17.1 Å². The van der Waals surface area contributed by atoms with Gasteiger partial charge in [0.1, 0.15) is 0 Å². The van der Waals surface area contributed by atoms with Crippen LogP contribution >= 0.6 is 0 Å². The van der Waals surface area contributed by atoms with E-state index >= 15 is 0 Å². The summed E-state index contributed by atoms with van der Waals surface area (Å²) in [5.74, 6) is 0. The van der Waals surface area contributed by atoms with Gasteiger partial charge in [-0.05, 0) is 19.6 Å². The minimum atomic E-state index is 0. The zero-order valence-electron chi connectivity index (χ0n) is 11.0. The molecule has 1 aliphatic rings. The number of nitrogens with zero attached hydrogens (tertiary/aromatic N) is 3. The molecule has 0 aromatic heterocycles. The molecule has 1 aliphatic heterocycles. The minimum Gasteiger partial charge on any atom is -0.301 e. The first-order chi connectivity index (χ1) is 7.30. The van der Waals surface area contributed by atoms with Crippen LogP contribution in [0.3, 0.4) is 0 Å². The normalized spacial score (nSPS) is 21.9. The van der Waals surface area contributed by atoms with Gasteiger partial charge in [0.25, 0.3) is 0 Å². The second-order valence-corrected chi connectivity index (χ2v) is 4.30. The first kappa shape index (κ1) is 16.4. The first-order valence-electron chi connectivity index (χ1n) is 6.47. The molecular formula is C12H27CuN3. The standard InChI is InChI=1S/C12H27N3.Cu/c1-4-13-7-9-14(5-2)11-12-15(6-3)10-8-13;/h4-12H2,1-3H3;/i;1+0. The molecule has 0 spiro atoms. The Balaban J connectivity index is 0.00000225. The third-order valence-corrected chi connectivity index (χ3v) is 3.54. The average Bonchev–Trinajstić information content (AvgIpc) is 2.38. The summed E-state index contributed by atoms with van der Waals surface area (Å²) in [4.78, 5) is 7.70. The summed E-state index contributed by atoms with van der Waals surface area (Å²) in [7, 11) is 0. The molecule has 0 N–H and O–H groups in total. The predicted molar refractivity (Wildman–Crippen MR) is 66.3 cm³/mol. The Morgan fingerprint density at radius 3 is 0.875 bits per heavy atom. The summed E-state index contributed by atoms with van der Waals surface area (Å²) >= 11 is 0. The van der Waals surface area contributed by atoms with Gasteiger partial charge >= 0.3 is 0 Å². The van der Waals surface area contributed by atoms with Gasteiger partial charge < -0.3 is 14.7 Å². The fourth-order valence-electron chi connectivity index (χ4n) is 2.13. The van der Waals surface area contributed by atoms with Crippen LogP contribution in [0, 0.1) is 0 Å². The zero-order chi connectivity index (χ0) is 11.1. The van der Waals surface area contributed by atoms with Crippen LogP contribution in [-0.4, -0.2) is 73.6 Å². The second-order valence-electron chi connectivity index (χ2n) is 4.30. The molecule has 0 bridgehead atoms. The largest absolute Gasteiger partial charge is 0.301 e. The molecule has 1 heterocycles. The van der Waals surface area contributed by atoms with Gasteiger partial charge in [-0.25, -0.2) is 0 Å². The number of hydrogen-bond acceptors (Lipinski definition) is 3. The van der Waals surface area contributed by atoms with Crippen LogP contribution in [0.1, 0.15) is 20.8 Å². The van der Waals surface area contributed by atoms with Gasteiger partial charge in [0.15, 0.2) is 0 Å². The van der Waals surface area contributed by atoms with Crippen LogP contribution in [-0.2, 0) is 17.1 Å². The second kappa shape index (κ2) is 9.43. The van der Waals surface area contributed by atoms with Gasteiger partial charge in [-0.15, -0.1) is 0 Å². The van der Waals surface area contributed by atoms with Crippen LogP contribution in [0.15, 0.2) is 0 Å². The number of rotatable bonds is 3. The molecule has 0 atom stereocenters. The van der Waals surface area contributed by atoms with E-state index in [1.165, 1.54) is 58.9 Å². The van der Waals surface area contributed by atoms with Crippen molar-refractivity contribution in [1.29, 1.82) is 0 Å². The summed E-state index contributed by atoms with van der Waals surface area (Å²) in [6.07, 6.45) is 0. The third kappa shape index (κ3) is 5.65. The van der Waals surface area contributed by atoms with Gasteiger partial charge in [0.05, 0.1) is 0 Å². The van der Waals surface area contributed by atoms with Crippen LogP contribution in [0.2, 0.25) is 0 Å². The summed E-state index contributed by atoms with van der Waals surface area (Å²) in [6.45, 7) is 17.8. The molecule has 0 aliphatic carbocycles. The molecular weight excluding hydrogens is 250 g/mol. The first-order valence-corrected chi connectivity index (χ1v) is 6.47. The molecule has 0 saturated carbocycles. The Labute approximate surface area is 112 Å². The van der Waals surface area contributed by atoms with E-state index < -0.39 is 0 Å². The van der Waals surface area contributed by atoms with Crippen molar-refractivity contribution >= 4 is 0 Å². The predicted octanol–water partition coefficient (Wildman–Crippen LogP) is 0.963. The van der Waals surface area contributed by atoms with E-state index in [4.69, 9.17) is 0 Å². The van der Waals surface area contributed by atoms with Crippen LogP contribution in [0.25, 0.3) is 0 Å². The van der Waals surface area contributed by atoms with Crippen LogP contribution < -0.4 is 0 Å². The summed E-state index contributed by atoms with van der Waals surface area (Å²) in [5, 5.41) is 0. The summed E-state index contributed by atoms with van der Waals surface area (Å²) in [6, 6.07) is 0. The van der Waals surface area contributed by atoms with E-state index in [2.05, 4.69) is 35.5 Å². The van der Waals surface area contributed by atoms with E-state index in [-0.39, 0.29) is 17.1 Å². The van der Waals surface area contributed by atoms with Crippen LogP contribution in [0.5, 0.6) is 0 Å². The van der Waals surface area contributed by atoms with Gasteiger partial charge in [0, 0.05) is 56.3 Å². The molecule has 0 amide bonds. The maximum Gasteiger partial charge on any atom is 0.0110 e. The molecule has 4 heteroatoms. The van der Waals surface area contributed by atoms with Gasteiger partial charge in [-0.1, -0.05) is 20.8 Å². The fraction of sp³-hybridized carbons (Fsp3) is 1.00. The van der Waals surface area contributed by atoms with Gasteiger partial charge in [0.2, 0.25) is 0 Å². The fourth-order valence-corrected chi connectivity index (χ4v) is 2.13. The number of hydrogen-bond donors (Lipinski definition) is 0. The topological polar surface area (TPSA) is 9.72 Å². The molecule has 1 radical (unpaired) electrons. The Morgan fingerprint density at radius 1 is 0.562 bits per heavy atom. The molecule has 1 saturated heterocycles. The SMILES string of the molecule is CCN1CCN(CC)CCN(CC)CC1.[64Cu]. The van der Waals surface area contributed by atoms with Crippen molar-refractivity contribution in [2.24, 2.45) is 0 Å². The van der Waals surface area contributed by atoms with Gasteiger partial charge in [-0.3, -0.25) is 0 Å². The maximum absolute atomic E-state index is 2.57. The van der Waals surface area contributed by atoms with Crippen molar-refractivity contribution in [3.8, 4) is 0 Å². The molecule has 101 valence electrons. The van der Waals surface area contributed by atoms with Crippen LogP contribution in [0.4, 0.5) is 0 Å². The molecule has 1 rings (SSSR count). The average molecular weight is 277 g/mol. The Bertz CT molecular complexity index is 126. The zero-order valence-corrected chi connectivity index (χ0v) is 11.9. The Hall–Kier alpha value is 0.399. The Morgan fingerprint density at radius 2 is 0.750 bits per heavy atom. The Kier molecular flexibility index (Phi) is 9.67. The third-order valence-electron chi connectivity index (χ3n) is 3.54. The van der Waals surface area contributed by atoms with E-state index in [1.807, 2.05) is 0 Å². The quantitative estimate of drug-likeness (QED) is 0.712. The van der Waals surface area contributed by atoms with Crippen molar-refractivity contribution in [2.75, 3.05) is 58.9 Å². The molecule has 0 aromatic carbocycles. The summed E-state index contributed by atoms with van der Waals surface area (Å²) < 4.78 is 0. The minimum absolute atomic E-state index is 0. The van der Waals surface area contributed by atoms with Crippen molar-refractivity contribution in [1.82, 2.24) is 14.7 Å². The van der Waals surface area contributed by atoms with Crippen molar-refractivity contribution in [3.63, 3.8) is 0 Å². The maximum atomic E-state index is 2.57. The van der Waals surface area contributed by atoms with E-state index in [1.54, 1.807) is 0 Å². The van der Waals surface area contributed by atoms with E-state index in [0.717, 1.165) is 0 Å². The van der Waals surface area contributed by atoms with E-state index in [9.17, 15) is 0 Å². The molecule has 16 heavy (non-hydrogen) atoms. The molecule has 3 nitrogen and oxygen atoms in total. The van der Waals surface area contributed by atoms with Crippen molar-refractivity contribution in [2.45, 2.75) is 20.8 Å². The van der Waals surface area contributed by atoms with Crippen molar-refractivity contribution in [3.05, 3.63) is 0 Å².